The zero-order chi connectivity index (χ0) is 24.9. The van der Waals surface area contributed by atoms with E-state index < -0.39 is 24.0 Å². The fourth-order valence-corrected chi connectivity index (χ4v) is 4.30. The molecule has 1 heterocycles. The molecule has 0 saturated heterocycles. The lowest BCUT2D eigenvalue weighted by molar-refractivity contribution is -0.180. The second-order valence-electron chi connectivity index (χ2n) is 8.86. The minimum absolute atomic E-state index is 0.317. The first-order valence-electron chi connectivity index (χ1n) is 11.6. The zero-order valence-electron chi connectivity index (χ0n) is 20.2. The average molecular weight is 533 g/mol. The van der Waals surface area contributed by atoms with Crippen molar-refractivity contribution in [3.05, 3.63) is 64.1 Å². The van der Waals surface area contributed by atoms with Crippen LogP contribution in [0.1, 0.15) is 67.9 Å². The highest BCUT2D eigenvalue weighted by atomic mass is 79.9. The van der Waals surface area contributed by atoms with Gasteiger partial charge in [-0.3, -0.25) is 0 Å². The van der Waals surface area contributed by atoms with Gasteiger partial charge in [0.1, 0.15) is 35.0 Å². The van der Waals surface area contributed by atoms with Crippen molar-refractivity contribution < 1.29 is 28.8 Å². The maximum atomic E-state index is 13.2. The second kappa shape index (κ2) is 11.4. The lowest BCUT2D eigenvalue weighted by atomic mass is 10.0. The van der Waals surface area contributed by atoms with E-state index in [4.69, 9.17) is 18.9 Å². The van der Waals surface area contributed by atoms with Gasteiger partial charge in [0.25, 0.3) is 0 Å². The third-order valence-corrected chi connectivity index (χ3v) is 6.59. The maximum absolute atomic E-state index is 13.2. The van der Waals surface area contributed by atoms with Crippen molar-refractivity contribution in [3.63, 3.8) is 0 Å². The summed E-state index contributed by atoms with van der Waals surface area (Å²) in [6.07, 6.45) is 3.22. The summed E-state index contributed by atoms with van der Waals surface area (Å²) < 4.78 is 24.3. The third kappa shape index (κ3) is 6.20. The van der Waals surface area contributed by atoms with Gasteiger partial charge in [-0.15, -0.1) is 6.58 Å². The van der Waals surface area contributed by atoms with Crippen molar-refractivity contribution >= 4 is 21.9 Å². The molecule has 6 nitrogen and oxygen atoms in total. The summed E-state index contributed by atoms with van der Waals surface area (Å²) in [4.78, 5) is 13.2. The van der Waals surface area contributed by atoms with Gasteiger partial charge >= 0.3 is 5.97 Å². The Kier molecular flexibility index (Phi) is 8.79. The van der Waals surface area contributed by atoms with Crippen LogP contribution in [0.25, 0.3) is 0 Å². The molecule has 1 aliphatic heterocycles. The molecule has 0 fully saturated rings. The van der Waals surface area contributed by atoms with E-state index >= 15 is 0 Å². The molecular weight excluding hydrogens is 500 g/mol. The van der Waals surface area contributed by atoms with Crippen LogP contribution in [0.4, 0.5) is 0 Å². The Bertz CT molecular complexity index is 1030. The number of rotatable bonds is 10. The number of benzene rings is 2. The summed E-state index contributed by atoms with van der Waals surface area (Å²) in [5.41, 5.74) is 1.86. The van der Waals surface area contributed by atoms with Gasteiger partial charge in [0.05, 0.1) is 11.1 Å². The van der Waals surface area contributed by atoms with Gasteiger partial charge in [-0.05, 0) is 59.5 Å². The summed E-state index contributed by atoms with van der Waals surface area (Å²) in [6, 6.07) is 8.99. The van der Waals surface area contributed by atoms with E-state index in [-0.39, 0.29) is 0 Å². The number of carbonyl (C=O) groups is 1. The first-order chi connectivity index (χ1) is 16.2. The molecule has 3 rings (SSSR count). The SMILES string of the molecule is C=C[C@@H](O)[C@H](CCCCC)OC(=O)c1c(C)cccc1Oc1ccc2c(c1Br)COC(C)(C)O2. The summed E-state index contributed by atoms with van der Waals surface area (Å²) in [7, 11) is 0. The number of aliphatic hydroxyl groups is 1. The van der Waals surface area contributed by atoms with Crippen LogP contribution in [0.5, 0.6) is 17.2 Å². The van der Waals surface area contributed by atoms with E-state index in [0.29, 0.717) is 45.9 Å². The highest BCUT2D eigenvalue weighted by Crippen LogP contribution is 2.42. The number of halogens is 1. The second-order valence-corrected chi connectivity index (χ2v) is 9.65. The lowest BCUT2D eigenvalue weighted by Gasteiger charge is -2.33. The quantitative estimate of drug-likeness (QED) is 0.205. The number of fused-ring (bicyclic) bond motifs is 1. The normalized spacial score (nSPS) is 16.1. The topological polar surface area (TPSA) is 74.2 Å². The monoisotopic (exact) mass is 532 g/mol. The van der Waals surface area contributed by atoms with Gasteiger partial charge in [0, 0.05) is 19.4 Å². The number of carbonyl (C=O) groups excluding carboxylic acids is 1. The molecule has 0 amide bonds. The first-order valence-corrected chi connectivity index (χ1v) is 12.4. The number of esters is 1. The molecule has 0 unspecified atom stereocenters. The fraction of sp³-hybridized carbons (Fsp3) is 0.444. The minimum Gasteiger partial charge on any atom is -0.463 e. The van der Waals surface area contributed by atoms with Crippen LogP contribution >= 0.6 is 15.9 Å². The molecule has 0 radical (unpaired) electrons. The highest BCUT2D eigenvalue weighted by Gasteiger charge is 2.30. The number of aryl methyl sites for hydroxylation is 1. The van der Waals surface area contributed by atoms with Crippen molar-refractivity contribution in [1.29, 1.82) is 0 Å². The van der Waals surface area contributed by atoms with Crippen LogP contribution < -0.4 is 9.47 Å². The number of hydrogen-bond donors (Lipinski definition) is 1. The zero-order valence-corrected chi connectivity index (χ0v) is 21.8. The Labute approximate surface area is 210 Å². The van der Waals surface area contributed by atoms with Crippen molar-refractivity contribution in [2.45, 2.75) is 78.0 Å². The molecule has 0 bridgehead atoms. The maximum Gasteiger partial charge on any atom is 0.342 e. The van der Waals surface area contributed by atoms with Gasteiger partial charge < -0.3 is 24.1 Å². The van der Waals surface area contributed by atoms with E-state index in [2.05, 4.69) is 29.4 Å². The molecule has 2 aromatic rings. The molecule has 2 aromatic carbocycles. The van der Waals surface area contributed by atoms with Crippen LogP contribution in [0, 0.1) is 6.92 Å². The summed E-state index contributed by atoms with van der Waals surface area (Å²) in [6.45, 7) is 11.6. The predicted molar refractivity (Wildman–Crippen MR) is 134 cm³/mol. The molecular formula is C27H33BrO6. The molecule has 0 saturated carbocycles. The Balaban J connectivity index is 1.86. The Morgan fingerprint density at radius 2 is 2.03 bits per heavy atom. The molecule has 0 spiro atoms. The van der Waals surface area contributed by atoms with Gasteiger partial charge in [-0.1, -0.05) is 38.0 Å². The number of aliphatic hydroxyl groups excluding tert-OH is 1. The van der Waals surface area contributed by atoms with E-state index in [1.165, 1.54) is 6.08 Å². The van der Waals surface area contributed by atoms with E-state index in [1.807, 2.05) is 39.0 Å². The van der Waals surface area contributed by atoms with E-state index in [9.17, 15) is 9.90 Å². The van der Waals surface area contributed by atoms with Gasteiger partial charge in [-0.2, -0.15) is 0 Å². The minimum atomic E-state index is -0.937. The van der Waals surface area contributed by atoms with Crippen LogP contribution in [0.3, 0.4) is 0 Å². The lowest BCUT2D eigenvalue weighted by Crippen LogP contribution is -2.35. The number of ether oxygens (including phenoxy) is 4. The third-order valence-electron chi connectivity index (χ3n) is 5.72. The van der Waals surface area contributed by atoms with Crippen LogP contribution in [0.15, 0.2) is 47.5 Å². The van der Waals surface area contributed by atoms with Gasteiger partial charge in [0.2, 0.25) is 5.79 Å². The summed E-state index contributed by atoms with van der Waals surface area (Å²) in [5.74, 6) is 0.358. The predicted octanol–water partition coefficient (Wildman–Crippen LogP) is 6.85. The van der Waals surface area contributed by atoms with Crippen LogP contribution in [-0.2, 0) is 16.1 Å². The summed E-state index contributed by atoms with van der Waals surface area (Å²) >= 11 is 3.60. The largest absolute Gasteiger partial charge is 0.463 e. The fourth-order valence-electron chi connectivity index (χ4n) is 3.78. The van der Waals surface area contributed by atoms with Crippen LogP contribution in [0.2, 0.25) is 0 Å². The molecule has 184 valence electrons. The molecule has 2 atom stereocenters. The molecule has 1 aliphatic rings. The first kappa shape index (κ1) is 26.3. The Hall–Kier alpha value is -2.35. The van der Waals surface area contributed by atoms with E-state index in [0.717, 1.165) is 24.8 Å². The molecule has 7 heteroatoms. The smallest absolute Gasteiger partial charge is 0.342 e. The molecule has 0 aliphatic carbocycles. The number of unbranched alkanes of at least 4 members (excludes halogenated alkanes) is 2. The summed E-state index contributed by atoms with van der Waals surface area (Å²) in [5, 5.41) is 10.3. The molecule has 0 aromatic heterocycles. The molecule has 34 heavy (non-hydrogen) atoms. The standard InChI is InChI=1S/C27H33BrO6/c1-6-8-9-12-21(19(29)7-2)33-26(30)24-17(3)11-10-13-22(24)32-23-15-14-20-18(25(23)28)16-31-27(4,5)34-20/h7,10-11,13-15,19,21,29H,2,6,8-9,12,16H2,1,3-5H3/t19-,21+/m1/s1. The van der Waals surface area contributed by atoms with E-state index in [1.54, 1.807) is 12.1 Å². The molecule has 1 N–H and O–H groups in total. The Morgan fingerprint density at radius 1 is 1.26 bits per heavy atom. The highest BCUT2D eigenvalue weighted by molar-refractivity contribution is 9.10. The van der Waals surface area contributed by atoms with Crippen molar-refractivity contribution in [2.75, 3.05) is 0 Å². The number of hydrogen-bond acceptors (Lipinski definition) is 6. The van der Waals surface area contributed by atoms with Crippen molar-refractivity contribution in [2.24, 2.45) is 0 Å². The van der Waals surface area contributed by atoms with Gasteiger partial charge in [0.15, 0.2) is 0 Å². The van der Waals surface area contributed by atoms with Crippen LogP contribution in [-0.4, -0.2) is 29.1 Å². The average Bonchev–Trinajstić information content (AvgIpc) is 2.79. The Morgan fingerprint density at radius 3 is 2.74 bits per heavy atom. The van der Waals surface area contributed by atoms with Gasteiger partial charge in [-0.25, -0.2) is 4.79 Å². The van der Waals surface area contributed by atoms with Crippen molar-refractivity contribution in [1.82, 2.24) is 0 Å². The van der Waals surface area contributed by atoms with Crippen molar-refractivity contribution in [3.8, 4) is 17.2 Å².